The first kappa shape index (κ1) is 23.7. The lowest BCUT2D eigenvalue weighted by molar-refractivity contribution is -0.113. The van der Waals surface area contributed by atoms with Crippen LogP contribution in [0, 0.1) is 13.8 Å². The van der Waals surface area contributed by atoms with E-state index in [-0.39, 0.29) is 16.6 Å². The van der Waals surface area contributed by atoms with E-state index in [0.717, 1.165) is 23.1 Å². The van der Waals surface area contributed by atoms with Gasteiger partial charge in [0, 0.05) is 17.5 Å². The molecule has 3 aromatic carbocycles. The summed E-state index contributed by atoms with van der Waals surface area (Å²) in [5.74, 6) is 0.585. The highest BCUT2D eigenvalue weighted by Crippen LogP contribution is 2.29. The van der Waals surface area contributed by atoms with Gasteiger partial charge in [-0.05, 0) is 61.4 Å². The van der Waals surface area contributed by atoms with Gasteiger partial charge >= 0.3 is 0 Å². The molecule has 0 bridgehead atoms. The van der Waals surface area contributed by atoms with E-state index < -0.39 is 9.84 Å². The van der Waals surface area contributed by atoms with Gasteiger partial charge in [0.2, 0.25) is 5.91 Å². The Hall–Kier alpha value is -3.43. The maximum atomic E-state index is 12.6. The molecule has 0 fully saturated rings. The van der Waals surface area contributed by atoms with Crippen LogP contribution in [0.3, 0.4) is 0 Å². The van der Waals surface area contributed by atoms with Crippen molar-refractivity contribution in [2.24, 2.45) is 0 Å². The van der Waals surface area contributed by atoms with Gasteiger partial charge in [0.25, 0.3) is 0 Å². The molecule has 0 saturated carbocycles. The van der Waals surface area contributed by atoms with Crippen LogP contribution in [0.2, 0.25) is 0 Å². The molecule has 0 radical (unpaired) electrons. The molecule has 0 atom stereocenters. The second kappa shape index (κ2) is 9.82. The van der Waals surface area contributed by atoms with E-state index >= 15 is 0 Å². The van der Waals surface area contributed by atoms with E-state index in [2.05, 4.69) is 41.5 Å². The molecule has 0 aliphatic rings. The van der Waals surface area contributed by atoms with Gasteiger partial charge in [0.15, 0.2) is 20.8 Å². The minimum Gasteiger partial charge on any atom is -0.325 e. The molecule has 7 nitrogen and oxygen atoms in total. The summed E-state index contributed by atoms with van der Waals surface area (Å²) in [6.07, 6.45) is 1.15. The maximum Gasteiger partial charge on any atom is 0.234 e. The summed E-state index contributed by atoms with van der Waals surface area (Å²) in [5.41, 5.74) is 4.71. The summed E-state index contributed by atoms with van der Waals surface area (Å²) in [7, 11) is -3.29. The average molecular weight is 493 g/mol. The van der Waals surface area contributed by atoms with Gasteiger partial charge in [-0.2, -0.15) is 0 Å². The van der Waals surface area contributed by atoms with Crippen LogP contribution in [0.25, 0.3) is 17.1 Å². The molecule has 1 heterocycles. The third-order valence-corrected chi connectivity index (χ3v) is 7.37. The number of amides is 1. The molecular formula is C25H24N4O3S2. The van der Waals surface area contributed by atoms with Crippen molar-refractivity contribution >= 4 is 33.2 Å². The molecule has 174 valence electrons. The molecule has 4 rings (SSSR count). The molecule has 4 aromatic rings. The molecule has 0 aliphatic heterocycles. The maximum absolute atomic E-state index is 12.6. The summed E-state index contributed by atoms with van der Waals surface area (Å²) in [6, 6.07) is 22.0. The average Bonchev–Trinajstić information content (AvgIpc) is 3.24. The van der Waals surface area contributed by atoms with Crippen LogP contribution in [0.15, 0.2) is 82.8 Å². The highest BCUT2D eigenvalue weighted by Gasteiger charge is 2.18. The summed E-state index contributed by atoms with van der Waals surface area (Å²) >= 11 is 1.28. The number of aromatic nitrogens is 3. The second-order valence-corrected chi connectivity index (χ2v) is 10.9. The molecule has 0 saturated heterocycles. The third kappa shape index (κ3) is 5.37. The Morgan fingerprint density at radius 2 is 1.65 bits per heavy atom. The van der Waals surface area contributed by atoms with Crippen molar-refractivity contribution in [2.45, 2.75) is 23.9 Å². The standard InChI is InChI=1S/C25H24N4O3S2/c1-17-9-12-21(15-18(17)2)29-24(19-7-5-4-6-8-19)27-28-25(29)33-16-23(30)26-20-10-13-22(14-11-20)34(3,31)32/h4-15H,16H2,1-3H3,(H,26,30). The normalized spacial score (nSPS) is 11.4. The molecule has 0 aliphatic carbocycles. The topological polar surface area (TPSA) is 94.0 Å². The van der Waals surface area contributed by atoms with Gasteiger partial charge in [-0.3, -0.25) is 9.36 Å². The first-order valence-electron chi connectivity index (χ1n) is 10.5. The Balaban J connectivity index is 1.56. The largest absolute Gasteiger partial charge is 0.325 e. The Morgan fingerprint density at radius 3 is 2.29 bits per heavy atom. The Morgan fingerprint density at radius 1 is 0.941 bits per heavy atom. The van der Waals surface area contributed by atoms with Crippen LogP contribution in [0.1, 0.15) is 11.1 Å². The van der Waals surface area contributed by atoms with Gasteiger partial charge in [-0.25, -0.2) is 8.42 Å². The van der Waals surface area contributed by atoms with Crippen molar-refractivity contribution in [1.82, 2.24) is 14.8 Å². The van der Waals surface area contributed by atoms with Gasteiger partial charge in [0.1, 0.15) is 0 Å². The Bertz CT molecular complexity index is 1430. The summed E-state index contributed by atoms with van der Waals surface area (Å²) in [6.45, 7) is 4.12. The van der Waals surface area contributed by atoms with Crippen LogP contribution in [0.5, 0.6) is 0 Å². The highest BCUT2D eigenvalue weighted by atomic mass is 32.2. The number of carbonyl (C=O) groups excluding carboxylic acids is 1. The van der Waals surface area contributed by atoms with Gasteiger partial charge in [-0.1, -0.05) is 48.2 Å². The number of rotatable bonds is 7. The van der Waals surface area contributed by atoms with Crippen LogP contribution >= 0.6 is 11.8 Å². The zero-order chi connectivity index (χ0) is 24.3. The van der Waals surface area contributed by atoms with Crippen LogP contribution in [0.4, 0.5) is 5.69 Å². The molecule has 0 unspecified atom stereocenters. The molecule has 9 heteroatoms. The van der Waals surface area contributed by atoms with Crippen LogP contribution in [-0.2, 0) is 14.6 Å². The van der Waals surface area contributed by atoms with E-state index in [9.17, 15) is 13.2 Å². The lowest BCUT2D eigenvalue weighted by Gasteiger charge is -2.12. The van der Waals surface area contributed by atoms with Crippen LogP contribution in [-0.4, -0.2) is 41.1 Å². The minimum atomic E-state index is -3.29. The van der Waals surface area contributed by atoms with Gasteiger partial charge in [0.05, 0.1) is 16.3 Å². The number of hydrogen-bond acceptors (Lipinski definition) is 6. The third-order valence-electron chi connectivity index (χ3n) is 5.31. The molecule has 1 aromatic heterocycles. The molecule has 0 spiro atoms. The number of anilines is 1. The van der Waals surface area contributed by atoms with Crippen molar-refractivity contribution in [3.05, 3.63) is 83.9 Å². The Kier molecular flexibility index (Phi) is 6.85. The monoisotopic (exact) mass is 492 g/mol. The smallest absolute Gasteiger partial charge is 0.234 e. The SMILES string of the molecule is Cc1ccc(-n2c(SCC(=O)Nc3ccc(S(C)(=O)=O)cc3)nnc2-c2ccccc2)cc1C. The zero-order valence-corrected chi connectivity index (χ0v) is 20.7. The van der Waals surface area contributed by atoms with Crippen molar-refractivity contribution in [3.8, 4) is 17.1 Å². The van der Waals surface area contributed by atoms with Crippen molar-refractivity contribution in [1.29, 1.82) is 0 Å². The summed E-state index contributed by atoms with van der Waals surface area (Å²) in [4.78, 5) is 12.8. The predicted octanol–water partition coefficient (Wildman–Crippen LogP) is 4.69. The quantitative estimate of drug-likeness (QED) is 0.376. The molecule has 1 N–H and O–H groups in total. The number of hydrogen-bond donors (Lipinski definition) is 1. The predicted molar refractivity (Wildman–Crippen MR) is 135 cm³/mol. The second-order valence-electron chi connectivity index (χ2n) is 7.91. The zero-order valence-electron chi connectivity index (χ0n) is 19.0. The number of aryl methyl sites for hydroxylation is 2. The van der Waals surface area contributed by atoms with Crippen molar-refractivity contribution < 1.29 is 13.2 Å². The first-order chi connectivity index (χ1) is 16.2. The van der Waals surface area contributed by atoms with E-state index in [0.29, 0.717) is 16.7 Å². The van der Waals surface area contributed by atoms with Gasteiger partial charge in [-0.15, -0.1) is 10.2 Å². The van der Waals surface area contributed by atoms with E-state index in [1.807, 2.05) is 41.0 Å². The number of thioether (sulfide) groups is 1. The Labute approximate surface area is 203 Å². The number of sulfone groups is 1. The number of carbonyl (C=O) groups is 1. The number of nitrogens with zero attached hydrogens (tertiary/aromatic N) is 3. The number of benzene rings is 3. The first-order valence-corrected chi connectivity index (χ1v) is 13.4. The fraction of sp³-hybridized carbons (Fsp3) is 0.160. The fourth-order valence-electron chi connectivity index (χ4n) is 3.35. The van der Waals surface area contributed by atoms with E-state index in [1.54, 1.807) is 12.1 Å². The molecule has 34 heavy (non-hydrogen) atoms. The minimum absolute atomic E-state index is 0.117. The molecule has 1 amide bonds. The van der Waals surface area contributed by atoms with E-state index in [1.165, 1.54) is 29.5 Å². The van der Waals surface area contributed by atoms with Gasteiger partial charge < -0.3 is 5.32 Å². The highest BCUT2D eigenvalue weighted by molar-refractivity contribution is 7.99. The summed E-state index contributed by atoms with van der Waals surface area (Å²) < 4.78 is 25.2. The molecular weight excluding hydrogens is 468 g/mol. The van der Waals surface area contributed by atoms with Crippen LogP contribution < -0.4 is 5.32 Å². The lowest BCUT2D eigenvalue weighted by Crippen LogP contribution is -2.14. The summed E-state index contributed by atoms with van der Waals surface area (Å²) in [5, 5.41) is 12.2. The van der Waals surface area contributed by atoms with E-state index in [4.69, 9.17) is 0 Å². The van der Waals surface area contributed by atoms with Crippen molar-refractivity contribution in [3.63, 3.8) is 0 Å². The number of nitrogens with one attached hydrogen (secondary N) is 1. The van der Waals surface area contributed by atoms with Crippen molar-refractivity contribution in [2.75, 3.05) is 17.3 Å². The fourth-order valence-corrected chi connectivity index (χ4v) is 4.73. The lowest BCUT2D eigenvalue weighted by atomic mass is 10.1.